The van der Waals surface area contributed by atoms with Gasteiger partial charge in [0, 0.05) is 18.7 Å². The summed E-state index contributed by atoms with van der Waals surface area (Å²) in [6.07, 6.45) is 2.29. The smallest absolute Gasteiger partial charge is 0.263 e. The van der Waals surface area contributed by atoms with Crippen LogP contribution in [-0.4, -0.2) is 41.2 Å². The van der Waals surface area contributed by atoms with Crippen LogP contribution >= 0.6 is 11.3 Å². The fourth-order valence-corrected chi connectivity index (χ4v) is 3.80. The first-order valence-electron chi connectivity index (χ1n) is 8.92. The molecular formula is C19H25N3O3S. The molecular weight excluding hydrogens is 350 g/mol. The first-order valence-corrected chi connectivity index (χ1v) is 9.73. The quantitative estimate of drug-likeness (QED) is 0.840. The van der Waals surface area contributed by atoms with Gasteiger partial charge in [0.25, 0.3) is 5.91 Å². The van der Waals surface area contributed by atoms with E-state index in [2.05, 4.69) is 29.1 Å². The first-order chi connectivity index (χ1) is 12.5. The van der Waals surface area contributed by atoms with Crippen molar-refractivity contribution in [3.63, 3.8) is 0 Å². The van der Waals surface area contributed by atoms with E-state index < -0.39 is 0 Å². The Hall–Kier alpha value is -1.83. The van der Waals surface area contributed by atoms with Gasteiger partial charge in [0.05, 0.1) is 35.7 Å². The van der Waals surface area contributed by atoms with Crippen LogP contribution in [0.4, 0.5) is 0 Å². The number of carbonyl (C=O) groups is 1. The van der Waals surface area contributed by atoms with Crippen molar-refractivity contribution in [2.24, 2.45) is 0 Å². The van der Waals surface area contributed by atoms with Crippen LogP contribution in [-0.2, 0) is 16.1 Å². The average molecular weight is 375 g/mol. The highest BCUT2D eigenvalue weighted by molar-refractivity contribution is 7.13. The van der Waals surface area contributed by atoms with Gasteiger partial charge in [-0.3, -0.25) is 9.78 Å². The first kappa shape index (κ1) is 18.9. The van der Waals surface area contributed by atoms with Gasteiger partial charge in [0.1, 0.15) is 11.0 Å². The van der Waals surface area contributed by atoms with Gasteiger partial charge < -0.3 is 14.8 Å². The number of rotatable bonds is 6. The van der Waals surface area contributed by atoms with Gasteiger partial charge in [-0.25, -0.2) is 4.98 Å². The number of thiazole rings is 1. The molecule has 140 valence electrons. The number of nitrogens with zero attached hydrogens (tertiary/aromatic N) is 2. The van der Waals surface area contributed by atoms with E-state index in [1.54, 1.807) is 6.20 Å². The van der Waals surface area contributed by atoms with Crippen LogP contribution in [0.15, 0.2) is 24.4 Å². The van der Waals surface area contributed by atoms with E-state index in [9.17, 15) is 4.79 Å². The fraction of sp³-hybridized carbons (Fsp3) is 0.526. The zero-order chi connectivity index (χ0) is 18.5. The minimum Gasteiger partial charge on any atom is -0.379 e. The van der Waals surface area contributed by atoms with Crippen molar-refractivity contribution in [1.29, 1.82) is 0 Å². The lowest BCUT2D eigenvalue weighted by Crippen LogP contribution is -2.49. The van der Waals surface area contributed by atoms with Crippen LogP contribution in [0.2, 0.25) is 0 Å². The Kier molecular flexibility index (Phi) is 6.34. The zero-order valence-corrected chi connectivity index (χ0v) is 16.2. The van der Waals surface area contributed by atoms with Crippen molar-refractivity contribution in [3.05, 3.63) is 45.7 Å². The number of aromatic nitrogens is 2. The molecule has 2 aromatic heterocycles. The Labute approximate surface area is 158 Å². The normalized spacial score (nSPS) is 20.3. The Balaban J connectivity index is 1.63. The highest BCUT2D eigenvalue weighted by atomic mass is 32.1. The maximum Gasteiger partial charge on any atom is 0.263 e. The summed E-state index contributed by atoms with van der Waals surface area (Å²) < 4.78 is 11.5. The van der Waals surface area contributed by atoms with Gasteiger partial charge in [0.15, 0.2) is 0 Å². The van der Waals surface area contributed by atoms with Crippen molar-refractivity contribution >= 4 is 17.2 Å². The number of amides is 1. The predicted octanol–water partition coefficient (Wildman–Crippen LogP) is 3.07. The summed E-state index contributed by atoms with van der Waals surface area (Å²) in [5.74, 6) is 0.239. The highest BCUT2D eigenvalue weighted by Gasteiger charge is 2.29. The van der Waals surface area contributed by atoms with Crippen LogP contribution in [0.1, 0.15) is 52.3 Å². The summed E-state index contributed by atoms with van der Waals surface area (Å²) in [7, 11) is 0. The van der Waals surface area contributed by atoms with Crippen molar-refractivity contribution < 1.29 is 14.3 Å². The summed E-state index contributed by atoms with van der Waals surface area (Å²) in [5, 5.41) is 4.11. The topological polar surface area (TPSA) is 73.3 Å². The van der Waals surface area contributed by atoms with Crippen molar-refractivity contribution in [2.45, 2.75) is 51.9 Å². The Morgan fingerprint density at radius 2 is 2.31 bits per heavy atom. The summed E-state index contributed by atoms with van der Waals surface area (Å²) in [6, 6.07) is 5.65. The Bertz CT molecular complexity index is 733. The van der Waals surface area contributed by atoms with Crippen molar-refractivity contribution in [3.8, 4) is 0 Å². The summed E-state index contributed by atoms with van der Waals surface area (Å²) in [6.45, 7) is 7.54. The van der Waals surface area contributed by atoms with E-state index in [0.29, 0.717) is 30.6 Å². The van der Waals surface area contributed by atoms with E-state index in [1.165, 1.54) is 11.3 Å². The predicted molar refractivity (Wildman–Crippen MR) is 100 cm³/mol. The Morgan fingerprint density at radius 3 is 3.00 bits per heavy atom. The molecule has 1 aliphatic heterocycles. The maximum atomic E-state index is 12.7. The van der Waals surface area contributed by atoms with Gasteiger partial charge in [-0.2, -0.15) is 0 Å². The third-order valence-electron chi connectivity index (χ3n) is 4.31. The molecule has 1 amide bonds. The lowest BCUT2D eigenvalue weighted by atomic mass is 10.1. The average Bonchev–Trinajstić information content (AvgIpc) is 3.04. The van der Waals surface area contributed by atoms with Crippen LogP contribution < -0.4 is 5.32 Å². The molecule has 0 bridgehead atoms. The van der Waals surface area contributed by atoms with E-state index in [4.69, 9.17) is 9.47 Å². The molecule has 0 aliphatic carbocycles. The molecule has 2 aromatic rings. The van der Waals surface area contributed by atoms with Gasteiger partial charge in [-0.15, -0.1) is 11.3 Å². The van der Waals surface area contributed by atoms with E-state index in [-0.39, 0.29) is 18.1 Å². The zero-order valence-electron chi connectivity index (χ0n) is 15.4. The number of ether oxygens (including phenoxy) is 2. The van der Waals surface area contributed by atoms with Crippen LogP contribution in [0.3, 0.4) is 0 Å². The largest absolute Gasteiger partial charge is 0.379 e. The van der Waals surface area contributed by atoms with E-state index >= 15 is 0 Å². The minimum absolute atomic E-state index is 0.0785. The molecule has 1 saturated heterocycles. The van der Waals surface area contributed by atoms with Gasteiger partial charge >= 0.3 is 0 Å². The summed E-state index contributed by atoms with van der Waals surface area (Å²) >= 11 is 1.47. The number of carbonyl (C=O) groups excluding carboxylic acids is 1. The number of nitrogens with one attached hydrogen (secondary N) is 1. The molecule has 26 heavy (non-hydrogen) atoms. The molecule has 0 aromatic carbocycles. The third-order valence-corrected chi connectivity index (χ3v) is 5.76. The molecule has 2 atom stereocenters. The van der Waals surface area contributed by atoms with E-state index in [0.717, 1.165) is 22.8 Å². The summed E-state index contributed by atoms with van der Waals surface area (Å²) in [5.41, 5.74) is 1.65. The molecule has 1 aliphatic rings. The minimum atomic E-state index is -0.187. The van der Waals surface area contributed by atoms with Crippen molar-refractivity contribution in [2.75, 3.05) is 13.2 Å². The van der Waals surface area contributed by atoms with Crippen LogP contribution in [0, 0.1) is 6.92 Å². The third kappa shape index (κ3) is 4.66. The van der Waals surface area contributed by atoms with Gasteiger partial charge in [-0.1, -0.05) is 19.9 Å². The van der Waals surface area contributed by atoms with Crippen LogP contribution in [0.5, 0.6) is 0 Å². The molecule has 1 N–H and O–H groups in total. The molecule has 1 fully saturated rings. The standard InChI is InChI=1S/C19H25N3O3S/c1-12(2)19-21-13(3)17(26-19)18(23)22-15-7-9-24-11-16(15)25-10-14-6-4-5-8-20-14/h4-6,8,12,15-16H,7,9-11H2,1-3H3,(H,22,23)/t15-,16-/m1/s1. The van der Waals surface area contributed by atoms with Crippen LogP contribution in [0.25, 0.3) is 0 Å². The van der Waals surface area contributed by atoms with Crippen molar-refractivity contribution in [1.82, 2.24) is 15.3 Å². The molecule has 0 saturated carbocycles. The molecule has 3 heterocycles. The lowest BCUT2D eigenvalue weighted by molar-refractivity contribution is -0.0743. The molecule has 6 nitrogen and oxygen atoms in total. The monoisotopic (exact) mass is 375 g/mol. The molecule has 0 radical (unpaired) electrons. The number of hydrogen-bond donors (Lipinski definition) is 1. The summed E-state index contributed by atoms with van der Waals surface area (Å²) in [4.78, 5) is 22.2. The molecule has 0 unspecified atom stereocenters. The fourth-order valence-electron chi connectivity index (χ4n) is 2.83. The highest BCUT2D eigenvalue weighted by Crippen LogP contribution is 2.25. The number of pyridine rings is 1. The van der Waals surface area contributed by atoms with E-state index in [1.807, 2.05) is 25.1 Å². The lowest BCUT2D eigenvalue weighted by Gasteiger charge is -2.32. The molecule has 3 rings (SSSR count). The maximum absolute atomic E-state index is 12.7. The number of aryl methyl sites for hydroxylation is 1. The molecule has 7 heteroatoms. The second-order valence-electron chi connectivity index (χ2n) is 6.74. The van der Waals surface area contributed by atoms with Gasteiger partial charge in [0.2, 0.25) is 0 Å². The SMILES string of the molecule is Cc1nc(C(C)C)sc1C(=O)N[C@@H]1CCOC[C@H]1OCc1ccccn1. The second kappa shape index (κ2) is 8.70. The van der Waals surface area contributed by atoms with Gasteiger partial charge in [-0.05, 0) is 25.5 Å². The molecule has 0 spiro atoms. The second-order valence-corrected chi connectivity index (χ2v) is 7.77. The Morgan fingerprint density at radius 1 is 1.46 bits per heavy atom. The number of hydrogen-bond acceptors (Lipinski definition) is 6.